The van der Waals surface area contributed by atoms with Crippen LogP contribution in [0.25, 0.3) is 0 Å². The third-order valence-electron chi connectivity index (χ3n) is 3.92. The van der Waals surface area contributed by atoms with Gasteiger partial charge in [0.2, 0.25) is 0 Å². The lowest BCUT2D eigenvalue weighted by molar-refractivity contribution is 0.688. The molecule has 4 heteroatoms. The van der Waals surface area contributed by atoms with Crippen LogP contribution in [0.5, 0.6) is 0 Å². The summed E-state index contributed by atoms with van der Waals surface area (Å²) in [5.74, 6) is 0.835. The number of aliphatic imine (C=N–C) groups is 1. The lowest BCUT2D eigenvalue weighted by atomic mass is 10.1. The van der Waals surface area contributed by atoms with E-state index in [4.69, 9.17) is 0 Å². The van der Waals surface area contributed by atoms with Gasteiger partial charge in [0.25, 0.3) is 0 Å². The number of hydrogen-bond acceptors (Lipinski definition) is 2. The Labute approximate surface area is 134 Å². The summed E-state index contributed by atoms with van der Waals surface area (Å²) >= 11 is 0. The summed E-state index contributed by atoms with van der Waals surface area (Å²) in [5, 5.41) is 6.73. The van der Waals surface area contributed by atoms with Gasteiger partial charge in [-0.25, -0.2) is 4.99 Å². The van der Waals surface area contributed by atoms with Crippen LogP contribution in [0.2, 0.25) is 0 Å². The lowest BCUT2D eigenvalue weighted by Gasteiger charge is -2.22. The Bertz CT molecular complexity index is 504. The molecule has 1 fully saturated rings. The highest BCUT2D eigenvalue weighted by molar-refractivity contribution is 5.80. The molecular formula is C18H28N4. The third kappa shape index (κ3) is 4.52. The van der Waals surface area contributed by atoms with E-state index in [0.29, 0.717) is 6.54 Å². The van der Waals surface area contributed by atoms with Gasteiger partial charge >= 0.3 is 0 Å². The van der Waals surface area contributed by atoms with Crippen LogP contribution in [-0.4, -0.2) is 32.1 Å². The quantitative estimate of drug-likeness (QED) is 0.482. The van der Waals surface area contributed by atoms with Crippen molar-refractivity contribution in [3.63, 3.8) is 0 Å². The van der Waals surface area contributed by atoms with E-state index in [1.807, 2.05) is 0 Å². The smallest absolute Gasteiger partial charge is 0.192 e. The molecule has 1 aliphatic heterocycles. The molecule has 0 aromatic heterocycles. The van der Waals surface area contributed by atoms with Crippen molar-refractivity contribution in [2.45, 2.75) is 32.7 Å². The van der Waals surface area contributed by atoms with Crippen LogP contribution in [0.1, 0.15) is 38.3 Å². The van der Waals surface area contributed by atoms with E-state index >= 15 is 0 Å². The van der Waals surface area contributed by atoms with E-state index in [1.165, 1.54) is 37.2 Å². The molecule has 0 bridgehead atoms. The first kappa shape index (κ1) is 16.4. The van der Waals surface area contributed by atoms with E-state index in [1.54, 1.807) is 6.08 Å². The van der Waals surface area contributed by atoms with E-state index in [-0.39, 0.29) is 6.04 Å². The molecule has 2 N–H and O–H groups in total. The highest BCUT2D eigenvalue weighted by Gasteiger charge is 2.14. The first-order valence-electron chi connectivity index (χ1n) is 8.25. The van der Waals surface area contributed by atoms with Crippen LogP contribution in [-0.2, 0) is 0 Å². The summed E-state index contributed by atoms with van der Waals surface area (Å²) in [6.45, 7) is 11.8. The molecule has 120 valence electrons. The summed E-state index contributed by atoms with van der Waals surface area (Å²) in [6, 6.07) is 9.03. The topological polar surface area (TPSA) is 39.7 Å². The number of guanidine groups is 1. The first-order chi connectivity index (χ1) is 10.7. The van der Waals surface area contributed by atoms with Gasteiger partial charge in [0.15, 0.2) is 5.96 Å². The van der Waals surface area contributed by atoms with Gasteiger partial charge in [-0.15, -0.1) is 6.58 Å². The van der Waals surface area contributed by atoms with Gasteiger partial charge in [-0.2, -0.15) is 0 Å². The van der Waals surface area contributed by atoms with Gasteiger partial charge in [0.1, 0.15) is 0 Å². The Morgan fingerprint density at radius 3 is 2.86 bits per heavy atom. The molecule has 4 nitrogen and oxygen atoms in total. The minimum Gasteiger partial charge on any atom is -0.372 e. The molecule has 1 unspecified atom stereocenters. The zero-order chi connectivity index (χ0) is 15.8. The average molecular weight is 300 g/mol. The molecule has 0 spiro atoms. The van der Waals surface area contributed by atoms with Gasteiger partial charge < -0.3 is 15.5 Å². The largest absolute Gasteiger partial charge is 0.372 e. The predicted octanol–water partition coefficient (Wildman–Crippen LogP) is 3.09. The monoisotopic (exact) mass is 300 g/mol. The average Bonchev–Trinajstić information content (AvgIpc) is 3.07. The second-order valence-electron chi connectivity index (χ2n) is 5.66. The Kier molecular flexibility index (Phi) is 6.31. The Balaban J connectivity index is 2.05. The van der Waals surface area contributed by atoms with Gasteiger partial charge in [-0.1, -0.05) is 18.2 Å². The molecule has 1 aromatic carbocycles. The SMILES string of the molecule is C=CCN=C(NCC)NC(C)c1cccc(N2CCCC2)c1. The maximum absolute atomic E-state index is 4.46. The molecule has 0 amide bonds. The number of nitrogens with one attached hydrogen (secondary N) is 2. The predicted molar refractivity (Wildman–Crippen MR) is 95.6 cm³/mol. The summed E-state index contributed by atoms with van der Waals surface area (Å²) in [4.78, 5) is 6.93. The second kappa shape index (κ2) is 8.47. The van der Waals surface area contributed by atoms with Crippen LogP contribution in [0.4, 0.5) is 5.69 Å². The fraction of sp³-hybridized carbons (Fsp3) is 0.500. The van der Waals surface area contributed by atoms with E-state index in [2.05, 4.69) is 65.2 Å². The minimum atomic E-state index is 0.213. The highest BCUT2D eigenvalue weighted by Crippen LogP contribution is 2.23. The number of anilines is 1. The summed E-state index contributed by atoms with van der Waals surface area (Å²) in [5.41, 5.74) is 2.62. The Morgan fingerprint density at radius 1 is 1.41 bits per heavy atom. The second-order valence-corrected chi connectivity index (χ2v) is 5.66. The molecule has 1 atom stereocenters. The lowest BCUT2D eigenvalue weighted by Crippen LogP contribution is -2.38. The van der Waals surface area contributed by atoms with Crippen LogP contribution in [0, 0.1) is 0 Å². The van der Waals surface area contributed by atoms with Crippen molar-refractivity contribution >= 4 is 11.6 Å². The van der Waals surface area contributed by atoms with Gasteiger partial charge in [0, 0.05) is 25.3 Å². The van der Waals surface area contributed by atoms with E-state index in [9.17, 15) is 0 Å². The van der Waals surface area contributed by atoms with Crippen LogP contribution >= 0.6 is 0 Å². The molecule has 0 radical (unpaired) electrons. The number of rotatable bonds is 6. The van der Waals surface area contributed by atoms with E-state index in [0.717, 1.165) is 12.5 Å². The number of benzene rings is 1. The van der Waals surface area contributed by atoms with Crippen molar-refractivity contribution in [2.75, 3.05) is 31.1 Å². The van der Waals surface area contributed by atoms with Crippen molar-refractivity contribution < 1.29 is 0 Å². The summed E-state index contributed by atoms with van der Waals surface area (Å²) < 4.78 is 0. The Hall–Kier alpha value is -1.97. The van der Waals surface area contributed by atoms with Crippen molar-refractivity contribution in [1.29, 1.82) is 0 Å². The normalized spacial score (nSPS) is 16.5. The molecule has 1 aliphatic rings. The third-order valence-corrected chi connectivity index (χ3v) is 3.92. The Morgan fingerprint density at radius 2 is 2.18 bits per heavy atom. The van der Waals surface area contributed by atoms with Crippen LogP contribution in [0.15, 0.2) is 41.9 Å². The van der Waals surface area contributed by atoms with Crippen molar-refractivity contribution in [3.8, 4) is 0 Å². The van der Waals surface area contributed by atoms with Crippen molar-refractivity contribution in [2.24, 2.45) is 4.99 Å². The standard InChI is InChI=1S/C18H28N4/c1-4-11-20-18(19-5-2)21-15(3)16-9-8-10-17(14-16)22-12-6-7-13-22/h4,8-10,14-15H,1,5-7,11-13H2,2-3H3,(H2,19,20,21). The van der Waals surface area contributed by atoms with Gasteiger partial charge in [-0.05, 0) is 44.4 Å². The molecule has 2 rings (SSSR count). The summed E-state index contributed by atoms with van der Waals surface area (Å²) in [7, 11) is 0. The van der Waals surface area contributed by atoms with E-state index < -0.39 is 0 Å². The first-order valence-corrected chi connectivity index (χ1v) is 8.25. The van der Waals surface area contributed by atoms with Crippen LogP contribution in [0.3, 0.4) is 0 Å². The number of hydrogen-bond donors (Lipinski definition) is 2. The van der Waals surface area contributed by atoms with Crippen LogP contribution < -0.4 is 15.5 Å². The fourth-order valence-electron chi connectivity index (χ4n) is 2.73. The molecule has 22 heavy (non-hydrogen) atoms. The molecule has 0 saturated carbocycles. The molecule has 1 aromatic rings. The van der Waals surface area contributed by atoms with Gasteiger partial charge in [0.05, 0.1) is 12.6 Å². The molecule has 1 heterocycles. The highest BCUT2D eigenvalue weighted by atomic mass is 15.2. The maximum atomic E-state index is 4.46. The molecule has 1 saturated heterocycles. The van der Waals surface area contributed by atoms with Crippen molar-refractivity contribution in [3.05, 3.63) is 42.5 Å². The maximum Gasteiger partial charge on any atom is 0.192 e. The zero-order valence-electron chi connectivity index (χ0n) is 13.8. The molecule has 0 aliphatic carbocycles. The van der Waals surface area contributed by atoms with Crippen molar-refractivity contribution in [1.82, 2.24) is 10.6 Å². The fourth-order valence-corrected chi connectivity index (χ4v) is 2.73. The summed E-state index contributed by atoms with van der Waals surface area (Å²) in [6.07, 6.45) is 4.41. The minimum absolute atomic E-state index is 0.213. The number of nitrogens with zero attached hydrogens (tertiary/aromatic N) is 2. The molecular weight excluding hydrogens is 272 g/mol. The zero-order valence-corrected chi connectivity index (χ0v) is 13.8. The van der Waals surface area contributed by atoms with Gasteiger partial charge in [-0.3, -0.25) is 0 Å².